The first-order valence-electron chi connectivity index (χ1n) is 4.01. The topological polar surface area (TPSA) is 43.6 Å². The minimum atomic E-state index is 0.189. The zero-order chi connectivity index (χ0) is 10.8. The van der Waals surface area contributed by atoms with Gasteiger partial charge in [-0.25, -0.2) is 0 Å². The summed E-state index contributed by atoms with van der Waals surface area (Å²) in [7, 11) is 0. The molecule has 2 rings (SSSR count). The first-order chi connectivity index (χ1) is 7.24. The maximum Gasteiger partial charge on any atom is 0.171 e. The second-order valence-corrected chi connectivity index (χ2v) is 3.79. The maximum atomic E-state index is 6.01. The van der Waals surface area contributed by atoms with Crippen molar-refractivity contribution >= 4 is 34.8 Å². The van der Waals surface area contributed by atoms with E-state index < -0.39 is 0 Å². The molecule has 0 fully saturated rings. The van der Waals surface area contributed by atoms with Crippen LogP contribution >= 0.6 is 34.8 Å². The van der Waals surface area contributed by atoms with Crippen LogP contribution in [0.3, 0.4) is 0 Å². The highest BCUT2D eigenvalue weighted by molar-refractivity contribution is 6.37. The van der Waals surface area contributed by atoms with Crippen molar-refractivity contribution < 1.29 is 0 Å². The lowest BCUT2D eigenvalue weighted by atomic mass is 10.3. The Hall–Kier alpha value is -0.840. The van der Waals surface area contributed by atoms with Crippen molar-refractivity contribution in [2.24, 2.45) is 0 Å². The molecule has 0 aliphatic carbocycles. The number of hydrogen-bond donors (Lipinski definition) is 0. The zero-order valence-electron chi connectivity index (χ0n) is 7.36. The minimum absolute atomic E-state index is 0.189. The summed E-state index contributed by atoms with van der Waals surface area (Å²) in [5.41, 5.74) is 0.543. The predicted octanol–water partition coefficient (Wildman–Crippen LogP) is 2.71. The van der Waals surface area contributed by atoms with Crippen molar-refractivity contribution in [1.29, 1.82) is 0 Å². The Morgan fingerprint density at radius 2 is 1.87 bits per heavy atom. The first-order valence-corrected chi connectivity index (χ1v) is 5.30. The second-order valence-electron chi connectivity index (χ2n) is 2.71. The van der Waals surface area contributed by atoms with Crippen LogP contribution in [0.15, 0.2) is 18.2 Å². The van der Waals surface area contributed by atoms with Crippen LogP contribution in [-0.4, -0.2) is 20.2 Å². The maximum absolute atomic E-state index is 6.01. The highest BCUT2D eigenvalue weighted by atomic mass is 35.5. The van der Waals surface area contributed by atoms with E-state index in [-0.39, 0.29) is 5.88 Å². The molecule has 0 N–H and O–H groups in total. The number of halogens is 3. The van der Waals surface area contributed by atoms with Gasteiger partial charge in [-0.3, -0.25) is 0 Å². The standard InChI is InChI=1S/C8H5Cl3N4/c9-4-7-12-13-14-15(7)8-5(10)2-1-3-6(8)11/h1-3H,4H2. The van der Waals surface area contributed by atoms with Crippen molar-refractivity contribution in [2.75, 3.05) is 0 Å². The molecule has 0 radical (unpaired) electrons. The molecule has 1 aromatic carbocycles. The van der Waals surface area contributed by atoms with Gasteiger partial charge < -0.3 is 0 Å². The summed E-state index contributed by atoms with van der Waals surface area (Å²) in [6, 6.07) is 5.17. The number of hydrogen-bond acceptors (Lipinski definition) is 3. The number of alkyl halides is 1. The first kappa shape index (κ1) is 10.7. The summed E-state index contributed by atoms with van der Waals surface area (Å²) in [5, 5.41) is 12.0. The van der Waals surface area contributed by atoms with Gasteiger partial charge in [-0.1, -0.05) is 29.3 Å². The van der Waals surface area contributed by atoms with Crippen LogP contribution in [0.5, 0.6) is 0 Å². The van der Waals surface area contributed by atoms with Crippen molar-refractivity contribution in [3.05, 3.63) is 34.1 Å². The van der Waals surface area contributed by atoms with Crippen LogP contribution in [0.2, 0.25) is 10.0 Å². The lowest BCUT2D eigenvalue weighted by Crippen LogP contribution is -2.03. The summed E-state index contributed by atoms with van der Waals surface area (Å²) in [4.78, 5) is 0. The molecule has 1 aromatic heterocycles. The summed E-state index contributed by atoms with van der Waals surface area (Å²) >= 11 is 17.7. The number of nitrogens with zero attached hydrogens (tertiary/aromatic N) is 4. The fourth-order valence-electron chi connectivity index (χ4n) is 1.15. The average Bonchev–Trinajstić information content (AvgIpc) is 2.65. The van der Waals surface area contributed by atoms with Gasteiger partial charge in [-0.05, 0) is 22.6 Å². The Bertz CT molecular complexity index is 462. The van der Waals surface area contributed by atoms with Gasteiger partial charge in [0.15, 0.2) is 5.82 Å². The second kappa shape index (κ2) is 4.35. The van der Waals surface area contributed by atoms with Gasteiger partial charge in [0.1, 0.15) is 5.69 Å². The third-order valence-electron chi connectivity index (χ3n) is 1.80. The molecule has 1 heterocycles. The number of tetrazole rings is 1. The van der Waals surface area contributed by atoms with Crippen LogP contribution in [0.25, 0.3) is 5.69 Å². The average molecular weight is 264 g/mol. The molecule has 0 spiro atoms. The van der Waals surface area contributed by atoms with E-state index in [1.807, 2.05) is 0 Å². The highest BCUT2D eigenvalue weighted by Gasteiger charge is 2.13. The monoisotopic (exact) mass is 262 g/mol. The van der Waals surface area contributed by atoms with E-state index >= 15 is 0 Å². The minimum Gasteiger partial charge on any atom is -0.193 e. The molecule has 2 aromatic rings. The Labute approximate surface area is 101 Å². The van der Waals surface area contributed by atoms with Crippen LogP contribution in [0, 0.1) is 0 Å². The summed E-state index contributed by atoms with van der Waals surface area (Å²) in [6.45, 7) is 0. The lowest BCUT2D eigenvalue weighted by molar-refractivity contribution is 0.777. The lowest BCUT2D eigenvalue weighted by Gasteiger charge is -2.06. The Kier molecular flexibility index (Phi) is 3.09. The Morgan fingerprint density at radius 3 is 2.47 bits per heavy atom. The van der Waals surface area contributed by atoms with Crippen LogP contribution in [0.4, 0.5) is 0 Å². The van der Waals surface area contributed by atoms with E-state index in [2.05, 4.69) is 15.5 Å². The van der Waals surface area contributed by atoms with E-state index in [9.17, 15) is 0 Å². The van der Waals surface area contributed by atoms with Gasteiger partial charge in [0.2, 0.25) is 0 Å². The summed E-state index contributed by atoms with van der Waals surface area (Å²) in [5.74, 6) is 0.681. The van der Waals surface area contributed by atoms with Gasteiger partial charge in [-0.2, -0.15) is 4.68 Å². The molecule has 78 valence electrons. The molecule has 4 nitrogen and oxygen atoms in total. The van der Waals surface area contributed by atoms with Gasteiger partial charge in [0.05, 0.1) is 15.9 Å². The SMILES string of the molecule is ClCc1nnnn1-c1c(Cl)cccc1Cl. The number of para-hydroxylation sites is 1. The van der Waals surface area contributed by atoms with E-state index in [0.29, 0.717) is 21.6 Å². The van der Waals surface area contributed by atoms with Gasteiger partial charge in [0, 0.05) is 0 Å². The van der Waals surface area contributed by atoms with Gasteiger partial charge >= 0.3 is 0 Å². The van der Waals surface area contributed by atoms with Gasteiger partial charge in [-0.15, -0.1) is 16.7 Å². The molecule has 7 heteroatoms. The molecule has 15 heavy (non-hydrogen) atoms. The fraction of sp³-hybridized carbons (Fsp3) is 0.125. The smallest absolute Gasteiger partial charge is 0.171 e. The molecule has 0 saturated heterocycles. The normalized spacial score (nSPS) is 10.6. The Balaban J connectivity index is 2.63. The van der Waals surface area contributed by atoms with Crippen LogP contribution in [0.1, 0.15) is 5.82 Å². The molecule has 0 aliphatic heterocycles. The van der Waals surface area contributed by atoms with E-state index in [4.69, 9.17) is 34.8 Å². The third kappa shape index (κ3) is 1.93. The van der Waals surface area contributed by atoms with Crippen LogP contribution < -0.4 is 0 Å². The molecule has 0 unspecified atom stereocenters. The van der Waals surface area contributed by atoms with Gasteiger partial charge in [0.25, 0.3) is 0 Å². The summed E-state index contributed by atoms with van der Waals surface area (Å²) in [6.07, 6.45) is 0. The number of rotatable bonds is 2. The fourth-order valence-corrected chi connectivity index (χ4v) is 1.88. The Morgan fingerprint density at radius 1 is 1.20 bits per heavy atom. The zero-order valence-corrected chi connectivity index (χ0v) is 9.63. The largest absolute Gasteiger partial charge is 0.193 e. The van der Waals surface area contributed by atoms with Crippen molar-refractivity contribution in [2.45, 2.75) is 5.88 Å². The third-order valence-corrected chi connectivity index (χ3v) is 2.65. The summed E-state index contributed by atoms with van der Waals surface area (Å²) < 4.78 is 1.43. The number of benzene rings is 1. The highest BCUT2D eigenvalue weighted by Crippen LogP contribution is 2.28. The van der Waals surface area contributed by atoms with E-state index in [1.165, 1.54) is 4.68 Å². The van der Waals surface area contributed by atoms with Crippen molar-refractivity contribution in [3.63, 3.8) is 0 Å². The molecule has 0 bridgehead atoms. The van der Waals surface area contributed by atoms with Crippen LogP contribution in [-0.2, 0) is 5.88 Å². The predicted molar refractivity (Wildman–Crippen MR) is 58.7 cm³/mol. The molecule has 0 atom stereocenters. The molecular weight excluding hydrogens is 258 g/mol. The van der Waals surface area contributed by atoms with Crippen molar-refractivity contribution in [3.8, 4) is 5.69 Å². The van der Waals surface area contributed by atoms with E-state index in [0.717, 1.165) is 0 Å². The van der Waals surface area contributed by atoms with Crippen molar-refractivity contribution in [1.82, 2.24) is 20.2 Å². The quantitative estimate of drug-likeness (QED) is 0.783. The molecule has 0 saturated carbocycles. The van der Waals surface area contributed by atoms with E-state index in [1.54, 1.807) is 18.2 Å². The number of aromatic nitrogens is 4. The molecule has 0 aliphatic rings. The molecule has 0 amide bonds. The molecular formula is C8H5Cl3N4.